The molecule has 2 heterocycles. The van der Waals surface area contributed by atoms with Gasteiger partial charge in [0.2, 0.25) is 5.89 Å². The molecule has 0 spiro atoms. The summed E-state index contributed by atoms with van der Waals surface area (Å²) in [6.07, 6.45) is -4.18. The van der Waals surface area contributed by atoms with E-state index < -0.39 is 6.36 Å². The average molecular weight is 373 g/mol. The number of halogens is 3. The summed E-state index contributed by atoms with van der Waals surface area (Å²) in [6.45, 7) is 1.74. The number of aryl methyl sites for hydroxylation is 1. The predicted octanol–water partition coefficient (Wildman–Crippen LogP) is 5.02. The zero-order valence-electron chi connectivity index (χ0n) is 14.2. The number of ether oxygens (including phenoxy) is 1. The number of alkyl halides is 3. The number of aromatic amines is 1. The molecule has 0 aliphatic carbocycles. The second-order valence-corrected chi connectivity index (χ2v) is 6.08. The van der Waals surface area contributed by atoms with Crippen molar-refractivity contribution in [2.24, 2.45) is 0 Å². The van der Waals surface area contributed by atoms with Crippen LogP contribution in [0.3, 0.4) is 0 Å². The molecule has 1 N–H and O–H groups in total. The monoisotopic (exact) mass is 373 g/mol. The van der Waals surface area contributed by atoms with Crippen LogP contribution in [0, 0.1) is 6.92 Å². The van der Waals surface area contributed by atoms with Gasteiger partial charge in [-0.3, -0.25) is 0 Å². The fourth-order valence-electron chi connectivity index (χ4n) is 2.89. The van der Waals surface area contributed by atoms with Gasteiger partial charge in [-0.1, -0.05) is 29.4 Å². The van der Waals surface area contributed by atoms with Crippen LogP contribution in [0.15, 0.2) is 53.1 Å². The summed E-state index contributed by atoms with van der Waals surface area (Å²) in [7, 11) is 0. The van der Waals surface area contributed by atoms with E-state index in [4.69, 9.17) is 4.52 Å². The maximum atomic E-state index is 12.3. The molecule has 0 fully saturated rings. The molecule has 0 saturated heterocycles. The second-order valence-electron chi connectivity index (χ2n) is 6.08. The molecule has 138 valence electrons. The van der Waals surface area contributed by atoms with Gasteiger partial charge < -0.3 is 14.2 Å². The summed E-state index contributed by atoms with van der Waals surface area (Å²) >= 11 is 0. The lowest BCUT2D eigenvalue weighted by Gasteiger charge is -2.09. The van der Waals surface area contributed by atoms with Gasteiger partial charge >= 0.3 is 6.36 Å². The molecule has 0 unspecified atom stereocenters. The van der Waals surface area contributed by atoms with Crippen molar-refractivity contribution in [1.82, 2.24) is 15.1 Å². The van der Waals surface area contributed by atoms with E-state index in [1.807, 2.05) is 24.3 Å². The molecule has 8 heteroatoms. The van der Waals surface area contributed by atoms with Crippen molar-refractivity contribution in [3.05, 3.63) is 65.9 Å². The fourth-order valence-corrected chi connectivity index (χ4v) is 2.89. The van der Waals surface area contributed by atoms with Gasteiger partial charge in [0.25, 0.3) is 0 Å². The van der Waals surface area contributed by atoms with Gasteiger partial charge in [0.15, 0.2) is 5.82 Å². The van der Waals surface area contributed by atoms with Gasteiger partial charge in [-0.15, -0.1) is 13.2 Å². The largest absolute Gasteiger partial charge is 0.573 e. The summed E-state index contributed by atoms with van der Waals surface area (Å²) in [5, 5.41) is 4.90. The number of fused-ring (bicyclic) bond motifs is 1. The van der Waals surface area contributed by atoms with E-state index in [2.05, 4.69) is 19.9 Å². The molecule has 0 atom stereocenters. The number of aromatic nitrogens is 3. The average Bonchev–Trinajstić information content (AvgIpc) is 3.19. The van der Waals surface area contributed by atoms with Gasteiger partial charge in [0.1, 0.15) is 5.75 Å². The van der Waals surface area contributed by atoms with Crippen LogP contribution < -0.4 is 4.74 Å². The van der Waals surface area contributed by atoms with Crippen LogP contribution in [-0.2, 0) is 6.42 Å². The van der Waals surface area contributed by atoms with Crippen molar-refractivity contribution in [2.75, 3.05) is 0 Å². The third kappa shape index (κ3) is 3.94. The first-order chi connectivity index (χ1) is 12.9. The molecule has 27 heavy (non-hydrogen) atoms. The number of hydrogen-bond acceptors (Lipinski definition) is 4. The molecule has 0 bridgehead atoms. The SMILES string of the molecule is Cc1nc(Cc2cc3ccc(-c4ccc(OC(F)(F)F)cc4)cc3[nH]2)no1. The zero-order chi connectivity index (χ0) is 19.0. The molecule has 5 nitrogen and oxygen atoms in total. The number of rotatable bonds is 4. The Labute approximate surface area is 151 Å². The summed E-state index contributed by atoms with van der Waals surface area (Å²) in [5.41, 5.74) is 3.52. The number of hydrogen-bond donors (Lipinski definition) is 1. The van der Waals surface area contributed by atoms with Crippen LogP contribution in [0.4, 0.5) is 13.2 Å². The van der Waals surface area contributed by atoms with Crippen molar-refractivity contribution < 1.29 is 22.4 Å². The normalized spacial score (nSPS) is 11.9. The van der Waals surface area contributed by atoms with Crippen LogP contribution in [0.1, 0.15) is 17.4 Å². The van der Waals surface area contributed by atoms with Crippen LogP contribution in [0.2, 0.25) is 0 Å². The molecular formula is C19H14F3N3O2. The number of benzene rings is 2. The van der Waals surface area contributed by atoms with E-state index in [1.165, 1.54) is 12.1 Å². The van der Waals surface area contributed by atoms with Gasteiger partial charge in [0.05, 0.1) is 6.42 Å². The highest BCUT2D eigenvalue weighted by atomic mass is 19.4. The number of nitrogens with one attached hydrogen (secondary N) is 1. The lowest BCUT2D eigenvalue weighted by molar-refractivity contribution is -0.274. The zero-order valence-corrected chi connectivity index (χ0v) is 14.2. The molecule has 0 amide bonds. The minimum atomic E-state index is -4.70. The van der Waals surface area contributed by atoms with Crippen LogP contribution in [0.25, 0.3) is 22.0 Å². The third-order valence-corrected chi connectivity index (χ3v) is 4.02. The molecule has 0 aliphatic rings. The Hall–Kier alpha value is -3.29. The van der Waals surface area contributed by atoms with E-state index >= 15 is 0 Å². The Balaban J connectivity index is 1.57. The van der Waals surface area contributed by atoms with Gasteiger partial charge in [-0.25, -0.2) is 0 Å². The standard InChI is InChI=1S/C19H14F3N3O2/c1-11-23-18(25-27-11)10-15-8-14-3-2-13(9-17(14)24-15)12-4-6-16(7-5-12)26-19(20,21)22/h2-9,24H,10H2,1H3. The first-order valence-electron chi connectivity index (χ1n) is 8.13. The smallest absolute Gasteiger partial charge is 0.406 e. The minimum absolute atomic E-state index is 0.245. The maximum absolute atomic E-state index is 12.3. The molecule has 0 saturated carbocycles. The molecule has 4 rings (SSSR count). The summed E-state index contributed by atoms with van der Waals surface area (Å²) < 4.78 is 45.6. The highest BCUT2D eigenvalue weighted by molar-refractivity contribution is 5.85. The Bertz CT molecular complexity index is 1080. The van der Waals surface area contributed by atoms with Crippen molar-refractivity contribution in [3.63, 3.8) is 0 Å². The predicted molar refractivity (Wildman–Crippen MR) is 92.3 cm³/mol. The van der Waals surface area contributed by atoms with Crippen LogP contribution in [0.5, 0.6) is 5.75 Å². The van der Waals surface area contributed by atoms with E-state index in [1.54, 1.807) is 19.1 Å². The van der Waals surface area contributed by atoms with Crippen molar-refractivity contribution in [2.45, 2.75) is 19.7 Å². The molecule has 2 aromatic heterocycles. The quantitative estimate of drug-likeness (QED) is 0.546. The molecule has 2 aromatic carbocycles. The number of nitrogens with zero attached hydrogens (tertiary/aromatic N) is 2. The van der Waals surface area contributed by atoms with Crippen LogP contribution in [-0.4, -0.2) is 21.5 Å². The molecular weight excluding hydrogens is 359 g/mol. The Morgan fingerprint density at radius 1 is 1.04 bits per heavy atom. The van der Waals surface area contributed by atoms with E-state index in [-0.39, 0.29) is 5.75 Å². The van der Waals surface area contributed by atoms with Crippen molar-refractivity contribution >= 4 is 10.9 Å². The summed E-state index contributed by atoms with van der Waals surface area (Å²) in [6, 6.07) is 13.6. The van der Waals surface area contributed by atoms with Crippen LogP contribution >= 0.6 is 0 Å². The van der Waals surface area contributed by atoms with E-state index in [0.717, 1.165) is 27.7 Å². The van der Waals surface area contributed by atoms with Crippen molar-refractivity contribution in [3.8, 4) is 16.9 Å². The maximum Gasteiger partial charge on any atom is 0.573 e. The topological polar surface area (TPSA) is 63.9 Å². The minimum Gasteiger partial charge on any atom is -0.406 e. The third-order valence-electron chi connectivity index (χ3n) is 4.02. The van der Waals surface area contributed by atoms with E-state index in [0.29, 0.717) is 18.1 Å². The molecule has 0 radical (unpaired) electrons. The highest BCUT2D eigenvalue weighted by Gasteiger charge is 2.30. The summed E-state index contributed by atoms with van der Waals surface area (Å²) in [5.74, 6) is 0.866. The second kappa shape index (κ2) is 6.46. The number of H-pyrrole nitrogens is 1. The molecule has 0 aliphatic heterocycles. The first-order valence-corrected chi connectivity index (χ1v) is 8.13. The van der Waals surface area contributed by atoms with Gasteiger partial charge in [-0.2, -0.15) is 4.98 Å². The first kappa shape index (κ1) is 17.1. The highest BCUT2D eigenvalue weighted by Crippen LogP contribution is 2.28. The Kier molecular flexibility index (Phi) is 4.10. The van der Waals surface area contributed by atoms with Crippen molar-refractivity contribution in [1.29, 1.82) is 0 Å². The molecule has 4 aromatic rings. The Morgan fingerprint density at radius 2 is 1.78 bits per heavy atom. The van der Waals surface area contributed by atoms with Gasteiger partial charge in [-0.05, 0) is 40.8 Å². The van der Waals surface area contributed by atoms with Gasteiger partial charge in [0, 0.05) is 18.1 Å². The van der Waals surface area contributed by atoms with E-state index in [9.17, 15) is 13.2 Å². The fraction of sp³-hybridized carbons (Fsp3) is 0.158. The Morgan fingerprint density at radius 3 is 2.44 bits per heavy atom. The lowest BCUT2D eigenvalue weighted by Crippen LogP contribution is -2.16. The lowest BCUT2D eigenvalue weighted by atomic mass is 10.0. The summed E-state index contributed by atoms with van der Waals surface area (Å²) in [4.78, 5) is 7.50.